The van der Waals surface area contributed by atoms with Crippen LogP contribution in [0.1, 0.15) is 36.9 Å². The highest BCUT2D eigenvalue weighted by Crippen LogP contribution is 2.32. The molecule has 1 N–H and O–H groups in total. The van der Waals surface area contributed by atoms with Crippen molar-refractivity contribution >= 4 is 27.5 Å². The van der Waals surface area contributed by atoms with E-state index in [2.05, 4.69) is 70.6 Å². The highest BCUT2D eigenvalue weighted by Gasteiger charge is 2.15. The molecule has 0 fully saturated rings. The van der Waals surface area contributed by atoms with Crippen LogP contribution in [0.2, 0.25) is 5.02 Å². The summed E-state index contributed by atoms with van der Waals surface area (Å²) in [6, 6.07) is 17.0. The van der Waals surface area contributed by atoms with Gasteiger partial charge in [0.25, 0.3) is 0 Å². The average molecular weight is 367 g/mol. The van der Waals surface area contributed by atoms with Crippen molar-refractivity contribution in [2.45, 2.75) is 32.2 Å². The molecule has 0 aliphatic heterocycles. The Balaban J connectivity index is 2.12. The first kappa shape index (κ1) is 16.5. The van der Waals surface area contributed by atoms with Crippen LogP contribution in [0.3, 0.4) is 0 Å². The second-order valence-electron chi connectivity index (χ2n) is 5.17. The minimum atomic E-state index is 0.287. The zero-order chi connectivity index (χ0) is 15.1. The first-order valence-corrected chi connectivity index (χ1v) is 8.60. The number of benzene rings is 2. The van der Waals surface area contributed by atoms with Gasteiger partial charge < -0.3 is 5.32 Å². The molecule has 1 unspecified atom stereocenters. The van der Waals surface area contributed by atoms with Gasteiger partial charge in [0, 0.05) is 10.5 Å². The maximum atomic E-state index is 6.46. The van der Waals surface area contributed by atoms with Crippen LogP contribution in [-0.4, -0.2) is 6.54 Å². The molecule has 0 spiro atoms. The molecule has 0 bridgehead atoms. The molecule has 0 saturated heterocycles. The Hall–Kier alpha value is -0.830. The fourth-order valence-electron chi connectivity index (χ4n) is 2.43. The highest BCUT2D eigenvalue weighted by atomic mass is 79.9. The van der Waals surface area contributed by atoms with Gasteiger partial charge in [-0.05, 0) is 58.9 Å². The summed E-state index contributed by atoms with van der Waals surface area (Å²) < 4.78 is 0.963. The molecule has 0 heterocycles. The van der Waals surface area contributed by atoms with Gasteiger partial charge in [-0.3, -0.25) is 0 Å². The minimum Gasteiger partial charge on any atom is -0.310 e. The topological polar surface area (TPSA) is 12.0 Å². The van der Waals surface area contributed by atoms with Crippen molar-refractivity contribution in [3.8, 4) is 0 Å². The predicted molar refractivity (Wildman–Crippen MR) is 94.9 cm³/mol. The summed E-state index contributed by atoms with van der Waals surface area (Å²) in [4.78, 5) is 0. The lowest BCUT2D eigenvalue weighted by atomic mass is 9.98. The Labute approximate surface area is 140 Å². The highest BCUT2D eigenvalue weighted by molar-refractivity contribution is 9.10. The van der Waals surface area contributed by atoms with E-state index in [4.69, 9.17) is 11.6 Å². The summed E-state index contributed by atoms with van der Waals surface area (Å²) in [6.45, 7) is 3.19. The van der Waals surface area contributed by atoms with Gasteiger partial charge in [0.05, 0.1) is 5.02 Å². The molecule has 3 heteroatoms. The molecule has 2 rings (SSSR count). The number of rotatable bonds is 7. The molecule has 0 aliphatic rings. The van der Waals surface area contributed by atoms with E-state index in [1.165, 1.54) is 11.1 Å². The zero-order valence-electron chi connectivity index (χ0n) is 12.3. The van der Waals surface area contributed by atoms with Crippen LogP contribution in [0.15, 0.2) is 53.0 Å². The molecule has 112 valence electrons. The zero-order valence-corrected chi connectivity index (χ0v) is 14.6. The molecule has 0 radical (unpaired) electrons. The van der Waals surface area contributed by atoms with Crippen LogP contribution >= 0.6 is 27.5 Å². The Kier molecular flexibility index (Phi) is 6.75. The summed E-state index contributed by atoms with van der Waals surface area (Å²) in [5.41, 5.74) is 2.54. The molecule has 21 heavy (non-hydrogen) atoms. The Morgan fingerprint density at radius 2 is 1.86 bits per heavy atom. The van der Waals surface area contributed by atoms with Gasteiger partial charge in [0.1, 0.15) is 0 Å². The van der Waals surface area contributed by atoms with Crippen molar-refractivity contribution in [1.82, 2.24) is 5.32 Å². The number of halogens is 2. The van der Waals surface area contributed by atoms with E-state index in [9.17, 15) is 0 Å². The van der Waals surface area contributed by atoms with Gasteiger partial charge in [-0.25, -0.2) is 0 Å². The van der Waals surface area contributed by atoms with Gasteiger partial charge in [-0.2, -0.15) is 0 Å². The average Bonchev–Trinajstić information content (AvgIpc) is 2.52. The maximum absolute atomic E-state index is 6.46. The third kappa shape index (κ3) is 4.84. The largest absolute Gasteiger partial charge is 0.310 e. The predicted octanol–water partition coefficient (Wildman–Crippen LogP) is 5.78. The number of hydrogen-bond donors (Lipinski definition) is 1. The third-order valence-corrected chi connectivity index (χ3v) is 4.87. The molecule has 0 saturated carbocycles. The fourth-order valence-corrected chi connectivity index (χ4v) is 3.07. The second-order valence-corrected chi connectivity index (χ2v) is 6.41. The molecule has 1 nitrogen and oxygen atoms in total. The first-order chi connectivity index (χ1) is 10.2. The van der Waals surface area contributed by atoms with Crippen molar-refractivity contribution in [1.29, 1.82) is 0 Å². The SMILES string of the molecule is CCCNC(CCc1ccccc1)c1cccc(Br)c1Cl. The van der Waals surface area contributed by atoms with Crippen LogP contribution in [0.5, 0.6) is 0 Å². The minimum absolute atomic E-state index is 0.287. The maximum Gasteiger partial charge on any atom is 0.0595 e. The molecule has 0 amide bonds. The van der Waals surface area contributed by atoms with Crippen molar-refractivity contribution in [3.05, 3.63) is 69.2 Å². The summed E-state index contributed by atoms with van der Waals surface area (Å²) in [5.74, 6) is 0. The van der Waals surface area contributed by atoms with Crippen LogP contribution in [0.25, 0.3) is 0 Å². The number of hydrogen-bond acceptors (Lipinski definition) is 1. The van der Waals surface area contributed by atoms with Crippen LogP contribution in [0, 0.1) is 0 Å². The van der Waals surface area contributed by atoms with Crippen molar-refractivity contribution in [2.75, 3.05) is 6.54 Å². The lowest BCUT2D eigenvalue weighted by molar-refractivity contribution is 0.499. The molecular formula is C18H21BrClN. The smallest absolute Gasteiger partial charge is 0.0595 e. The van der Waals surface area contributed by atoms with Gasteiger partial charge in [-0.1, -0.05) is 61.0 Å². The summed E-state index contributed by atoms with van der Waals surface area (Å²) in [7, 11) is 0. The fraction of sp³-hybridized carbons (Fsp3) is 0.333. The number of nitrogens with one attached hydrogen (secondary N) is 1. The standard InChI is InChI=1S/C18H21BrClN/c1-2-13-21-17(12-11-14-7-4-3-5-8-14)15-9-6-10-16(19)18(15)20/h3-10,17,21H,2,11-13H2,1H3. The second kappa shape index (κ2) is 8.57. The molecule has 1 atom stereocenters. The van der Waals surface area contributed by atoms with E-state index in [1.54, 1.807) is 0 Å². The van der Waals surface area contributed by atoms with Crippen molar-refractivity contribution in [3.63, 3.8) is 0 Å². The van der Waals surface area contributed by atoms with E-state index in [1.807, 2.05) is 6.07 Å². The quantitative estimate of drug-likeness (QED) is 0.655. The lowest BCUT2D eigenvalue weighted by Crippen LogP contribution is -2.23. The molecule has 0 aliphatic carbocycles. The normalized spacial score (nSPS) is 12.3. The number of aryl methyl sites for hydroxylation is 1. The van der Waals surface area contributed by atoms with Crippen molar-refractivity contribution < 1.29 is 0 Å². The molecule has 0 aromatic heterocycles. The Morgan fingerprint density at radius 3 is 2.57 bits per heavy atom. The first-order valence-electron chi connectivity index (χ1n) is 7.43. The van der Waals surface area contributed by atoms with Gasteiger partial charge in [0.15, 0.2) is 0 Å². The third-order valence-electron chi connectivity index (χ3n) is 3.56. The molecular weight excluding hydrogens is 346 g/mol. The summed E-state index contributed by atoms with van der Waals surface area (Å²) >= 11 is 9.98. The van der Waals surface area contributed by atoms with E-state index < -0.39 is 0 Å². The van der Waals surface area contributed by atoms with Crippen molar-refractivity contribution in [2.24, 2.45) is 0 Å². The lowest BCUT2D eigenvalue weighted by Gasteiger charge is -2.21. The van der Waals surface area contributed by atoms with Crippen LogP contribution in [0.4, 0.5) is 0 Å². The summed E-state index contributed by atoms with van der Waals surface area (Å²) in [5, 5.41) is 4.44. The van der Waals surface area contributed by atoms with E-state index in [-0.39, 0.29) is 6.04 Å². The van der Waals surface area contributed by atoms with Crippen LogP contribution in [-0.2, 0) is 6.42 Å². The Morgan fingerprint density at radius 1 is 1.10 bits per heavy atom. The van der Waals surface area contributed by atoms with E-state index in [0.29, 0.717) is 0 Å². The summed E-state index contributed by atoms with van der Waals surface area (Å²) in [6.07, 6.45) is 3.21. The monoisotopic (exact) mass is 365 g/mol. The van der Waals surface area contributed by atoms with E-state index in [0.717, 1.165) is 35.3 Å². The Bertz CT molecular complexity index is 556. The molecule has 2 aromatic rings. The van der Waals surface area contributed by atoms with Gasteiger partial charge in [-0.15, -0.1) is 0 Å². The molecule has 2 aromatic carbocycles. The van der Waals surface area contributed by atoms with Gasteiger partial charge >= 0.3 is 0 Å². The van der Waals surface area contributed by atoms with E-state index >= 15 is 0 Å². The van der Waals surface area contributed by atoms with Gasteiger partial charge in [0.2, 0.25) is 0 Å². The van der Waals surface area contributed by atoms with Crippen LogP contribution < -0.4 is 5.32 Å².